The fraction of sp³-hybridized carbons (Fsp3) is 0.600. The monoisotopic (exact) mass is 258 g/mol. The third kappa shape index (κ3) is 7.57. The van der Waals surface area contributed by atoms with Crippen molar-refractivity contribution in [1.29, 1.82) is 0 Å². The van der Waals surface area contributed by atoms with E-state index in [0.717, 1.165) is 0 Å². The molecule has 0 fully saturated rings. The number of aliphatic hydroxyl groups excluding tert-OH is 2. The highest BCUT2D eigenvalue weighted by Gasteiger charge is 2.55. The minimum absolute atomic E-state index is 0.250. The van der Waals surface area contributed by atoms with Crippen LogP contribution < -0.4 is 0 Å². The molecule has 12 heteroatoms. The second-order valence-electron chi connectivity index (χ2n) is 2.02. The zero-order valence-corrected chi connectivity index (χ0v) is 8.20. The Balaban J connectivity index is -0.000000273. The van der Waals surface area contributed by atoms with Crippen molar-refractivity contribution in [2.24, 2.45) is 0 Å². The summed E-state index contributed by atoms with van der Waals surface area (Å²) < 4.78 is 0. The molecule has 0 spiro atoms. The van der Waals surface area contributed by atoms with Crippen molar-refractivity contribution in [2.45, 2.75) is 5.66 Å². The van der Waals surface area contributed by atoms with Crippen molar-refractivity contribution in [3.63, 3.8) is 0 Å². The van der Waals surface area contributed by atoms with Crippen molar-refractivity contribution in [1.82, 2.24) is 0 Å². The standard InChI is InChI=1S/C3H6N2O6.2CH2O2/c6-1-3(2-7,4(8)9)5(10)11;2*2-1-3/h6-7H,1-2H2;2*1H,(H,2,3). The third-order valence-electron chi connectivity index (χ3n) is 1.19. The highest BCUT2D eigenvalue weighted by molar-refractivity contribution is 5.33. The molecule has 0 aromatic carbocycles. The van der Waals surface area contributed by atoms with Crippen LogP contribution in [0.1, 0.15) is 0 Å². The molecule has 0 aliphatic rings. The molecule has 0 aliphatic heterocycles. The molecule has 0 rings (SSSR count). The van der Waals surface area contributed by atoms with E-state index < -0.39 is 28.7 Å². The number of hydrogen-bond acceptors (Lipinski definition) is 8. The summed E-state index contributed by atoms with van der Waals surface area (Å²) >= 11 is 0. The molecule has 0 aliphatic carbocycles. The largest absolute Gasteiger partial charge is 0.502 e. The maximum absolute atomic E-state index is 9.97. The predicted molar refractivity (Wildman–Crippen MR) is 48.3 cm³/mol. The topological polar surface area (TPSA) is 201 Å². The molecular formula is C5H10N2O10. The first-order valence-electron chi connectivity index (χ1n) is 3.50. The fourth-order valence-electron chi connectivity index (χ4n) is 0.348. The molecule has 0 radical (unpaired) electrons. The highest BCUT2D eigenvalue weighted by atomic mass is 16.7. The SMILES string of the molecule is O=CO.O=CO.O=[N+]([O-])C(CO)(CO)[N+](=O)[O-]. The van der Waals surface area contributed by atoms with Gasteiger partial charge in [0.1, 0.15) is 9.85 Å². The van der Waals surface area contributed by atoms with E-state index in [9.17, 15) is 20.2 Å². The molecule has 0 aromatic heterocycles. The van der Waals surface area contributed by atoms with E-state index in [1.54, 1.807) is 0 Å². The Morgan fingerprint density at radius 3 is 1.12 bits per heavy atom. The second kappa shape index (κ2) is 11.7. The first-order chi connectivity index (χ1) is 7.84. The maximum Gasteiger partial charge on any atom is 0.502 e. The van der Waals surface area contributed by atoms with Crippen LogP contribution in [-0.2, 0) is 9.59 Å². The van der Waals surface area contributed by atoms with E-state index in [-0.39, 0.29) is 12.9 Å². The Kier molecular flexibility index (Phi) is 13.9. The van der Waals surface area contributed by atoms with Gasteiger partial charge in [0, 0.05) is 0 Å². The number of aliphatic hydroxyl groups is 2. The van der Waals surface area contributed by atoms with Crippen LogP contribution in [0.15, 0.2) is 0 Å². The average molecular weight is 258 g/mol. The zero-order chi connectivity index (χ0) is 14.5. The molecule has 17 heavy (non-hydrogen) atoms. The number of nitrogens with zero attached hydrogens (tertiary/aromatic N) is 2. The van der Waals surface area contributed by atoms with Gasteiger partial charge in [0.2, 0.25) is 0 Å². The van der Waals surface area contributed by atoms with Crippen molar-refractivity contribution in [3.05, 3.63) is 20.2 Å². The molecule has 0 unspecified atom stereocenters. The minimum Gasteiger partial charge on any atom is -0.483 e. The maximum atomic E-state index is 9.97. The van der Waals surface area contributed by atoms with Crippen molar-refractivity contribution in [2.75, 3.05) is 13.2 Å². The lowest BCUT2D eigenvalue weighted by atomic mass is 10.2. The van der Waals surface area contributed by atoms with Gasteiger partial charge in [0.25, 0.3) is 12.9 Å². The Morgan fingerprint density at radius 1 is 0.941 bits per heavy atom. The molecule has 12 nitrogen and oxygen atoms in total. The van der Waals surface area contributed by atoms with Crippen molar-refractivity contribution in [3.8, 4) is 0 Å². The van der Waals surface area contributed by atoms with Crippen LogP contribution in [0, 0.1) is 20.2 Å². The zero-order valence-electron chi connectivity index (χ0n) is 8.20. The van der Waals surface area contributed by atoms with Crippen LogP contribution in [0.25, 0.3) is 0 Å². The number of carboxylic acid groups (broad SMARTS) is 2. The van der Waals surface area contributed by atoms with Crippen molar-refractivity contribution >= 4 is 12.9 Å². The number of nitro groups is 2. The Morgan fingerprint density at radius 2 is 1.12 bits per heavy atom. The normalized spacial score (nSPS) is 8.59. The lowest BCUT2D eigenvalue weighted by molar-refractivity contribution is -0.800. The summed E-state index contributed by atoms with van der Waals surface area (Å²) in [7, 11) is 0. The van der Waals surface area contributed by atoms with Gasteiger partial charge < -0.3 is 20.4 Å². The molecular weight excluding hydrogens is 248 g/mol. The summed E-state index contributed by atoms with van der Waals surface area (Å²) in [6.07, 6.45) is 0. The molecule has 0 atom stereocenters. The van der Waals surface area contributed by atoms with Gasteiger partial charge in [0.05, 0.1) is 0 Å². The van der Waals surface area contributed by atoms with E-state index in [4.69, 9.17) is 30.0 Å². The summed E-state index contributed by atoms with van der Waals surface area (Å²) in [5.74, 6) is 0. The summed E-state index contributed by atoms with van der Waals surface area (Å²) in [5.41, 5.74) is -2.86. The van der Waals surface area contributed by atoms with E-state index in [2.05, 4.69) is 0 Å². The first-order valence-corrected chi connectivity index (χ1v) is 3.50. The van der Waals surface area contributed by atoms with Gasteiger partial charge in [-0.3, -0.25) is 29.8 Å². The van der Waals surface area contributed by atoms with Crippen LogP contribution >= 0.6 is 0 Å². The van der Waals surface area contributed by atoms with E-state index >= 15 is 0 Å². The van der Waals surface area contributed by atoms with Crippen LogP contribution in [0.3, 0.4) is 0 Å². The van der Waals surface area contributed by atoms with Gasteiger partial charge in [-0.25, -0.2) is 0 Å². The van der Waals surface area contributed by atoms with Gasteiger partial charge >= 0.3 is 5.66 Å². The Hall–Kier alpha value is -2.34. The summed E-state index contributed by atoms with van der Waals surface area (Å²) in [5, 5.41) is 50.3. The highest BCUT2D eigenvalue weighted by Crippen LogP contribution is 2.08. The smallest absolute Gasteiger partial charge is 0.483 e. The molecule has 0 aromatic rings. The Labute approximate surface area is 93.0 Å². The molecule has 0 saturated heterocycles. The summed E-state index contributed by atoms with van der Waals surface area (Å²) in [6.45, 7) is -3.16. The van der Waals surface area contributed by atoms with E-state index in [1.165, 1.54) is 0 Å². The van der Waals surface area contributed by atoms with Crippen LogP contribution in [-0.4, -0.2) is 62.1 Å². The minimum atomic E-state index is -2.86. The predicted octanol–water partition coefficient (Wildman–Crippen LogP) is -2.38. The third-order valence-corrected chi connectivity index (χ3v) is 1.19. The molecule has 100 valence electrons. The van der Waals surface area contributed by atoms with E-state index in [1.807, 2.05) is 0 Å². The van der Waals surface area contributed by atoms with Gasteiger partial charge in [-0.15, -0.1) is 0 Å². The summed E-state index contributed by atoms with van der Waals surface area (Å²) in [6, 6.07) is 0. The van der Waals surface area contributed by atoms with E-state index in [0.29, 0.717) is 0 Å². The Bertz CT molecular complexity index is 227. The molecule has 0 heterocycles. The first kappa shape index (κ1) is 20.1. The lowest BCUT2D eigenvalue weighted by Crippen LogP contribution is -2.52. The molecule has 0 amide bonds. The van der Waals surface area contributed by atoms with Crippen LogP contribution in [0.2, 0.25) is 0 Å². The van der Waals surface area contributed by atoms with Gasteiger partial charge in [-0.05, 0) is 0 Å². The van der Waals surface area contributed by atoms with Crippen LogP contribution in [0.5, 0.6) is 0 Å². The second-order valence-corrected chi connectivity index (χ2v) is 2.02. The number of hydrogen-bond donors (Lipinski definition) is 4. The number of rotatable bonds is 4. The van der Waals surface area contributed by atoms with Crippen LogP contribution in [0.4, 0.5) is 0 Å². The van der Waals surface area contributed by atoms with Gasteiger partial charge in [0.15, 0.2) is 13.2 Å². The number of carbonyl (C=O) groups is 2. The van der Waals surface area contributed by atoms with Crippen molar-refractivity contribution < 1.29 is 39.9 Å². The van der Waals surface area contributed by atoms with Gasteiger partial charge in [-0.1, -0.05) is 0 Å². The van der Waals surface area contributed by atoms with Gasteiger partial charge in [-0.2, -0.15) is 0 Å². The molecule has 4 N–H and O–H groups in total. The summed E-state index contributed by atoms with van der Waals surface area (Å²) in [4.78, 5) is 34.0. The lowest BCUT2D eigenvalue weighted by Gasteiger charge is -2.10. The average Bonchev–Trinajstić information content (AvgIpc) is 2.21. The quantitative estimate of drug-likeness (QED) is 0.182. The molecule has 0 saturated carbocycles. The molecule has 0 bridgehead atoms. The fourth-order valence-corrected chi connectivity index (χ4v) is 0.348.